The summed E-state index contributed by atoms with van der Waals surface area (Å²) < 4.78 is 25.6. The fourth-order valence-electron chi connectivity index (χ4n) is 4.00. The van der Waals surface area contributed by atoms with Gasteiger partial charge in [0.25, 0.3) is 0 Å². The van der Waals surface area contributed by atoms with Gasteiger partial charge in [-0.1, -0.05) is 6.92 Å². The molecule has 0 spiro atoms. The number of H-pyrrole nitrogens is 1. The third-order valence-electron chi connectivity index (χ3n) is 6.41. The molecule has 3 heterocycles. The molecular formula is C26H31FN6O3. The van der Waals surface area contributed by atoms with Crippen molar-refractivity contribution in [3.63, 3.8) is 0 Å². The average molecular weight is 495 g/mol. The molecule has 1 aliphatic carbocycles. The van der Waals surface area contributed by atoms with Gasteiger partial charge < -0.3 is 25.1 Å². The SMILES string of the molecule is CCCNc1nccc(-c2[nH]c(C3OCC(C)(C(=O)NCC4CC4)CO3)nc2-c2ccc(F)cc2)n1. The fraction of sp³-hybridized carbons (Fsp3) is 0.462. The van der Waals surface area contributed by atoms with E-state index >= 15 is 0 Å². The Morgan fingerprint density at radius 2 is 1.92 bits per heavy atom. The first-order chi connectivity index (χ1) is 17.4. The third kappa shape index (κ3) is 5.39. The molecule has 1 aromatic carbocycles. The second-order valence-electron chi connectivity index (χ2n) is 9.71. The van der Waals surface area contributed by atoms with Crippen molar-refractivity contribution in [2.24, 2.45) is 11.3 Å². The summed E-state index contributed by atoms with van der Waals surface area (Å²) in [7, 11) is 0. The smallest absolute Gasteiger partial charge is 0.230 e. The summed E-state index contributed by atoms with van der Waals surface area (Å²) in [6.45, 7) is 5.77. The van der Waals surface area contributed by atoms with E-state index in [1.165, 1.54) is 25.0 Å². The lowest BCUT2D eigenvalue weighted by Gasteiger charge is -2.35. The van der Waals surface area contributed by atoms with E-state index in [9.17, 15) is 9.18 Å². The molecule has 10 heteroatoms. The molecule has 2 fully saturated rings. The number of ether oxygens (including phenoxy) is 2. The van der Waals surface area contributed by atoms with Crippen LogP contribution in [0.15, 0.2) is 36.5 Å². The monoisotopic (exact) mass is 494 g/mol. The maximum absolute atomic E-state index is 13.6. The number of carbonyl (C=O) groups excluding carboxylic acids is 1. The Hall–Kier alpha value is -3.37. The number of rotatable bonds is 9. The lowest BCUT2D eigenvalue weighted by atomic mass is 9.91. The molecule has 1 saturated carbocycles. The molecule has 0 radical (unpaired) electrons. The minimum absolute atomic E-state index is 0.0620. The van der Waals surface area contributed by atoms with Gasteiger partial charge in [0.1, 0.15) is 5.82 Å². The van der Waals surface area contributed by atoms with E-state index in [1.54, 1.807) is 24.4 Å². The number of amides is 1. The van der Waals surface area contributed by atoms with E-state index in [4.69, 9.17) is 14.5 Å². The van der Waals surface area contributed by atoms with Crippen molar-refractivity contribution in [3.05, 3.63) is 48.2 Å². The zero-order chi connectivity index (χ0) is 25.1. The summed E-state index contributed by atoms with van der Waals surface area (Å²) in [5.74, 6) is 1.16. The van der Waals surface area contributed by atoms with E-state index in [1.807, 2.05) is 6.92 Å². The quantitative estimate of drug-likeness (QED) is 0.411. The number of anilines is 1. The van der Waals surface area contributed by atoms with Gasteiger partial charge in [-0.3, -0.25) is 4.79 Å². The highest BCUT2D eigenvalue weighted by Crippen LogP contribution is 2.36. The molecule has 1 aliphatic heterocycles. The molecule has 0 atom stereocenters. The van der Waals surface area contributed by atoms with Crippen molar-refractivity contribution in [3.8, 4) is 22.6 Å². The number of halogens is 1. The van der Waals surface area contributed by atoms with Gasteiger partial charge in [-0.25, -0.2) is 19.3 Å². The van der Waals surface area contributed by atoms with Gasteiger partial charge in [-0.05, 0) is 62.4 Å². The average Bonchev–Trinajstić information content (AvgIpc) is 3.63. The molecule has 0 bridgehead atoms. The Bertz CT molecular complexity index is 1200. The molecule has 2 aliphatic rings. The number of aromatic nitrogens is 4. The van der Waals surface area contributed by atoms with Crippen LogP contribution in [0.1, 0.15) is 45.2 Å². The van der Waals surface area contributed by atoms with Crippen molar-refractivity contribution in [2.45, 2.75) is 39.4 Å². The van der Waals surface area contributed by atoms with Gasteiger partial charge in [-0.15, -0.1) is 0 Å². The van der Waals surface area contributed by atoms with E-state index in [0.29, 0.717) is 41.3 Å². The number of imidazole rings is 1. The minimum atomic E-state index is -0.776. The van der Waals surface area contributed by atoms with Gasteiger partial charge in [-0.2, -0.15) is 0 Å². The third-order valence-corrected chi connectivity index (χ3v) is 6.41. The Labute approximate surface area is 209 Å². The van der Waals surface area contributed by atoms with Crippen molar-refractivity contribution in [2.75, 3.05) is 31.6 Å². The zero-order valence-corrected chi connectivity index (χ0v) is 20.5. The van der Waals surface area contributed by atoms with Crippen LogP contribution in [0, 0.1) is 17.2 Å². The summed E-state index contributed by atoms with van der Waals surface area (Å²) in [6.07, 6.45) is 4.18. The van der Waals surface area contributed by atoms with Crippen LogP contribution in [0.3, 0.4) is 0 Å². The molecule has 1 amide bonds. The summed E-state index contributed by atoms with van der Waals surface area (Å²) >= 11 is 0. The van der Waals surface area contributed by atoms with Crippen LogP contribution in [0.2, 0.25) is 0 Å². The summed E-state index contributed by atoms with van der Waals surface area (Å²) in [4.78, 5) is 29.7. The van der Waals surface area contributed by atoms with E-state index in [-0.39, 0.29) is 24.9 Å². The Kier molecular flexibility index (Phi) is 6.97. The van der Waals surface area contributed by atoms with Crippen molar-refractivity contribution >= 4 is 11.9 Å². The number of benzene rings is 1. The first-order valence-corrected chi connectivity index (χ1v) is 12.4. The van der Waals surface area contributed by atoms with Crippen molar-refractivity contribution in [1.29, 1.82) is 0 Å². The first kappa shape index (κ1) is 24.3. The van der Waals surface area contributed by atoms with Gasteiger partial charge in [0.2, 0.25) is 18.1 Å². The summed E-state index contributed by atoms with van der Waals surface area (Å²) in [5.41, 5.74) is 1.80. The van der Waals surface area contributed by atoms with Crippen LogP contribution in [0.4, 0.5) is 10.3 Å². The first-order valence-electron chi connectivity index (χ1n) is 12.4. The highest BCUT2D eigenvalue weighted by atomic mass is 19.1. The Morgan fingerprint density at radius 1 is 1.17 bits per heavy atom. The number of aromatic amines is 1. The van der Waals surface area contributed by atoms with Crippen molar-refractivity contribution < 1.29 is 18.7 Å². The Balaban J connectivity index is 1.39. The van der Waals surface area contributed by atoms with Gasteiger partial charge in [0.15, 0.2) is 5.82 Å². The maximum Gasteiger partial charge on any atom is 0.230 e. The molecule has 3 aromatic rings. The van der Waals surface area contributed by atoms with Crippen molar-refractivity contribution in [1.82, 2.24) is 25.3 Å². The molecular weight excluding hydrogens is 463 g/mol. The summed E-state index contributed by atoms with van der Waals surface area (Å²) in [6, 6.07) is 7.90. The van der Waals surface area contributed by atoms with E-state index < -0.39 is 11.7 Å². The molecule has 36 heavy (non-hydrogen) atoms. The second kappa shape index (κ2) is 10.3. The molecule has 2 aromatic heterocycles. The molecule has 1 saturated heterocycles. The van der Waals surface area contributed by atoms with Gasteiger partial charge in [0, 0.05) is 24.8 Å². The van der Waals surface area contributed by atoms with Crippen LogP contribution >= 0.6 is 0 Å². The predicted molar refractivity (Wildman–Crippen MR) is 132 cm³/mol. The number of carbonyl (C=O) groups is 1. The minimum Gasteiger partial charge on any atom is -0.355 e. The maximum atomic E-state index is 13.6. The van der Waals surface area contributed by atoms with Crippen LogP contribution < -0.4 is 10.6 Å². The van der Waals surface area contributed by atoms with Crippen LogP contribution in [-0.2, 0) is 14.3 Å². The number of nitrogens with one attached hydrogen (secondary N) is 3. The van der Waals surface area contributed by atoms with Crippen LogP contribution in [0.25, 0.3) is 22.6 Å². The molecule has 9 nitrogen and oxygen atoms in total. The molecule has 0 unspecified atom stereocenters. The molecule has 5 rings (SSSR count). The highest BCUT2D eigenvalue weighted by molar-refractivity contribution is 5.82. The molecule has 3 N–H and O–H groups in total. The normalized spacial score (nSPS) is 21.8. The second-order valence-corrected chi connectivity index (χ2v) is 9.71. The van der Waals surface area contributed by atoms with E-state index in [2.05, 4.69) is 32.5 Å². The topological polar surface area (TPSA) is 114 Å². The zero-order valence-electron chi connectivity index (χ0n) is 20.5. The lowest BCUT2D eigenvalue weighted by Crippen LogP contribution is -2.49. The van der Waals surface area contributed by atoms with Crippen LogP contribution in [0.5, 0.6) is 0 Å². The van der Waals surface area contributed by atoms with Crippen LogP contribution in [-0.4, -0.2) is 52.1 Å². The standard InChI is InChI=1S/C26H31FN6O3/c1-3-11-28-25-29-12-10-19(31-25)21-20(17-6-8-18(27)9-7-17)32-22(33-21)23-35-14-26(2,15-36-23)24(34)30-13-16-4-5-16/h6-10,12,16,23H,3-5,11,13-15H2,1-2H3,(H,30,34)(H,32,33)(H,28,29,31). The lowest BCUT2D eigenvalue weighted by molar-refractivity contribution is -0.231. The number of hydrogen-bond donors (Lipinski definition) is 3. The van der Waals surface area contributed by atoms with Gasteiger partial charge >= 0.3 is 0 Å². The highest BCUT2D eigenvalue weighted by Gasteiger charge is 2.41. The van der Waals surface area contributed by atoms with Gasteiger partial charge in [0.05, 0.1) is 35.7 Å². The molecule has 190 valence electrons. The number of hydrogen-bond acceptors (Lipinski definition) is 7. The fourth-order valence-corrected chi connectivity index (χ4v) is 4.00. The van der Waals surface area contributed by atoms with E-state index in [0.717, 1.165) is 18.5 Å². The largest absolute Gasteiger partial charge is 0.355 e. The Morgan fingerprint density at radius 3 is 2.61 bits per heavy atom. The predicted octanol–water partition coefficient (Wildman–Crippen LogP) is 4.07. The number of nitrogens with zero attached hydrogens (tertiary/aromatic N) is 3. The summed E-state index contributed by atoms with van der Waals surface area (Å²) in [5, 5.41) is 6.21.